The fourth-order valence-electron chi connectivity index (χ4n) is 7.28. The number of benzene rings is 2. The average molecular weight is 744 g/mol. The first-order chi connectivity index (χ1) is 25.0. The third-order valence-corrected chi connectivity index (χ3v) is 12.4. The molecule has 286 valence electrons. The number of carbonyl (C=O) groups is 2. The van der Waals surface area contributed by atoms with Crippen molar-refractivity contribution in [2.75, 3.05) is 39.6 Å². The van der Waals surface area contributed by atoms with Crippen LogP contribution >= 0.6 is 0 Å². The lowest BCUT2D eigenvalue weighted by Gasteiger charge is -2.35. The largest absolute Gasteiger partial charge is 0.454 e. The number of nitrogens with one attached hydrogen (secondary N) is 2. The number of ether oxygens (including phenoxy) is 5. The van der Waals surface area contributed by atoms with Crippen molar-refractivity contribution in [1.29, 1.82) is 0 Å². The number of carbonyl (C=O) groups excluding carboxylic acids is 2. The molecule has 0 bridgehead atoms. The van der Waals surface area contributed by atoms with Crippen molar-refractivity contribution in [2.45, 2.75) is 101 Å². The van der Waals surface area contributed by atoms with Crippen LogP contribution in [0.3, 0.4) is 0 Å². The number of nitrogens with zero attached hydrogens (tertiary/aromatic N) is 1. The zero-order valence-electron chi connectivity index (χ0n) is 30.2. The molecule has 3 N–H and O–H groups in total. The minimum atomic E-state index is -4.15. The minimum Gasteiger partial charge on any atom is -0.454 e. The summed E-state index contributed by atoms with van der Waals surface area (Å²) < 4.78 is 57.9. The van der Waals surface area contributed by atoms with Gasteiger partial charge in [0.25, 0.3) is 0 Å². The highest BCUT2D eigenvalue weighted by Gasteiger charge is 2.44. The maximum atomic E-state index is 14.4. The smallest absolute Gasteiger partial charge is 0.407 e. The molecule has 2 saturated heterocycles. The van der Waals surface area contributed by atoms with E-state index >= 15 is 0 Å². The van der Waals surface area contributed by atoms with E-state index in [0.717, 1.165) is 56.9 Å². The lowest BCUT2D eigenvalue weighted by atomic mass is 9.85. The molecular weight excluding hydrogens is 690 g/mol. The molecule has 2 amide bonds. The molecule has 3 aliphatic heterocycles. The standard InChI is InChI=1S/C38H53N3O10S/c1-38(2,17-7-4-8-18-39-35(43)27-12-9-13-27)24-41(52(45,46)28-14-15-32-33(21-28)50-25-49-32)22-31(42)30(20-26-10-5-3-6-11-26)40-37(44)51-34-23-48-36-29(34)16-19-47-36/h3,5-6,10-11,14-15,21,27,29-31,34,36,42H,4,7-9,12-13,16-20,22-25H2,1-2H3,(H,39,43)(H,40,44)/t29-,30-,31+,34-,36+/m0/s1. The highest BCUT2D eigenvalue weighted by atomic mass is 32.2. The molecule has 0 unspecified atom stereocenters. The van der Waals surface area contributed by atoms with Gasteiger partial charge in [0.05, 0.1) is 36.2 Å². The van der Waals surface area contributed by atoms with Gasteiger partial charge in [0.2, 0.25) is 22.7 Å². The summed E-state index contributed by atoms with van der Waals surface area (Å²) in [5.74, 6) is 1.05. The number of hydrogen-bond acceptors (Lipinski definition) is 10. The second-order valence-electron chi connectivity index (χ2n) is 15.2. The van der Waals surface area contributed by atoms with Gasteiger partial charge in [0.1, 0.15) is 6.10 Å². The number of aliphatic hydroxyl groups excluding tert-OH is 1. The van der Waals surface area contributed by atoms with E-state index in [4.69, 9.17) is 23.7 Å². The molecule has 3 fully saturated rings. The number of unbranched alkanes of at least 4 members (excludes halogenated alkanes) is 2. The van der Waals surface area contributed by atoms with Crippen LogP contribution in [0.25, 0.3) is 0 Å². The third-order valence-electron chi connectivity index (χ3n) is 10.6. The summed E-state index contributed by atoms with van der Waals surface area (Å²) in [6, 6.07) is 13.0. The molecular formula is C38H53N3O10S. The normalized spacial score (nSPS) is 22.4. The number of amides is 2. The van der Waals surface area contributed by atoms with Crippen molar-refractivity contribution in [2.24, 2.45) is 17.3 Å². The summed E-state index contributed by atoms with van der Waals surface area (Å²) in [5.41, 5.74) is 0.386. The van der Waals surface area contributed by atoms with Crippen LogP contribution in [0, 0.1) is 17.3 Å². The minimum absolute atomic E-state index is 0.00288. The summed E-state index contributed by atoms with van der Waals surface area (Å²) in [7, 11) is -4.15. The summed E-state index contributed by atoms with van der Waals surface area (Å²) in [5, 5.41) is 17.7. The molecule has 4 aliphatic rings. The first-order valence-corrected chi connectivity index (χ1v) is 20.0. The Hall–Kier alpha value is -3.43. The molecule has 5 atom stereocenters. The monoisotopic (exact) mass is 743 g/mol. The number of fused-ring (bicyclic) bond motifs is 2. The Morgan fingerprint density at radius 3 is 2.58 bits per heavy atom. The Balaban J connectivity index is 1.14. The molecule has 0 aromatic heterocycles. The number of sulfonamides is 1. The fraction of sp³-hybridized carbons (Fsp3) is 0.632. The molecule has 2 aromatic rings. The highest BCUT2D eigenvalue weighted by molar-refractivity contribution is 7.89. The van der Waals surface area contributed by atoms with Crippen molar-refractivity contribution in [3.8, 4) is 11.5 Å². The van der Waals surface area contributed by atoms with Crippen molar-refractivity contribution in [1.82, 2.24) is 14.9 Å². The van der Waals surface area contributed by atoms with Crippen molar-refractivity contribution < 1.29 is 46.8 Å². The van der Waals surface area contributed by atoms with E-state index in [1.165, 1.54) is 16.4 Å². The molecule has 1 aliphatic carbocycles. The fourth-order valence-corrected chi connectivity index (χ4v) is 8.94. The van der Waals surface area contributed by atoms with Gasteiger partial charge in [-0.1, -0.05) is 63.4 Å². The van der Waals surface area contributed by atoms with Crippen molar-refractivity contribution in [3.63, 3.8) is 0 Å². The van der Waals surface area contributed by atoms with Crippen LogP contribution < -0.4 is 20.1 Å². The number of alkyl carbamates (subject to hydrolysis) is 1. The molecule has 52 heavy (non-hydrogen) atoms. The van der Waals surface area contributed by atoms with Crippen LogP contribution in [0.5, 0.6) is 11.5 Å². The summed E-state index contributed by atoms with van der Waals surface area (Å²) >= 11 is 0. The van der Waals surface area contributed by atoms with Gasteiger partial charge in [-0.05, 0) is 61.6 Å². The zero-order chi connectivity index (χ0) is 36.7. The Morgan fingerprint density at radius 2 is 1.81 bits per heavy atom. The molecule has 2 aromatic carbocycles. The van der Waals surface area contributed by atoms with Gasteiger partial charge in [0, 0.05) is 31.6 Å². The highest BCUT2D eigenvalue weighted by Crippen LogP contribution is 2.36. The zero-order valence-corrected chi connectivity index (χ0v) is 31.0. The second-order valence-corrected chi connectivity index (χ2v) is 17.1. The quantitative estimate of drug-likeness (QED) is 0.187. The van der Waals surface area contributed by atoms with E-state index < -0.39 is 39.8 Å². The second kappa shape index (κ2) is 17.1. The molecule has 6 rings (SSSR count). The number of aliphatic hydroxyl groups is 1. The molecule has 13 nitrogen and oxygen atoms in total. The summed E-state index contributed by atoms with van der Waals surface area (Å²) in [4.78, 5) is 25.5. The van der Waals surface area contributed by atoms with Crippen LogP contribution in [0.15, 0.2) is 53.4 Å². The van der Waals surface area contributed by atoms with Gasteiger partial charge in [-0.25, -0.2) is 13.2 Å². The van der Waals surface area contributed by atoms with Crippen molar-refractivity contribution >= 4 is 22.0 Å². The Kier molecular flexibility index (Phi) is 12.6. The van der Waals surface area contributed by atoms with Crippen LogP contribution in [-0.2, 0) is 35.4 Å². The lowest BCUT2D eigenvalue weighted by molar-refractivity contribution is -0.127. The van der Waals surface area contributed by atoms with E-state index in [9.17, 15) is 23.1 Å². The van der Waals surface area contributed by atoms with Crippen molar-refractivity contribution in [3.05, 3.63) is 54.1 Å². The molecule has 14 heteroatoms. The van der Waals surface area contributed by atoms with Gasteiger partial charge in [-0.2, -0.15) is 4.31 Å². The van der Waals surface area contributed by atoms with E-state index in [1.807, 2.05) is 44.2 Å². The maximum Gasteiger partial charge on any atom is 0.407 e. The van der Waals surface area contributed by atoms with Gasteiger partial charge >= 0.3 is 6.09 Å². The predicted molar refractivity (Wildman–Crippen MR) is 191 cm³/mol. The number of rotatable bonds is 18. The summed E-state index contributed by atoms with van der Waals surface area (Å²) in [6.07, 6.45) is 4.44. The van der Waals surface area contributed by atoms with Crippen LogP contribution in [-0.4, -0.2) is 94.0 Å². The van der Waals surface area contributed by atoms with E-state index in [2.05, 4.69) is 10.6 Å². The van der Waals surface area contributed by atoms with Crippen LogP contribution in [0.4, 0.5) is 4.79 Å². The Bertz CT molecular complexity index is 1620. The van der Waals surface area contributed by atoms with Gasteiger partial charge < -0.3 is 39.4 Å². The van der Waals surface area contributed by atoms with Crippen LogP contribution in [0.2, 0.25) is 0 Å². The van der Waals surface area contributed by atoms with Crippen LogP contribution in [0.1, 0.15) is 70.8 Å². The molecule has 0 radical (unpaired) electrons. The Labute approximate surface area is 306 Å². The first kappa shape index (κ1) is 38.3. The third kappa shape index (κ3) is 9.75. The topological polar surface area (TPSA) is 162 Å². The number of hydrogen-bond donors (Lipinski definition) is 3. The molecule has 0 spiro atoms. The van der Waals surface area contributed by atoms with E-state index in [-0.39, 0.29) is 61.8 Å². The summed E-state index contributed by atoms with van der Waals surface area (Å²) in [6.45, 7) is 5.26. The maximum absolute atomic E-state index is 14.4. The lowest BCUT2D eigenvalue weighted by Crippen LogP contribution is -2.52. The van der Waals surface area contributed by atoms with Gasteiger partial charge in [-0.3, -0.25) is 4.79 Å². The SMILES string of the molecule is CC(C)(CCCCCNC(=O)C1CCC1)CN(C[C@@H](O)[C@H](Cc1ccccc1)NC(=O)O[C@H]1CO[C@H]2OCC[C@H]21)S(=O)(=O)c1ccc2c(c1)OCO2. The first-order valence-electron chi connectivity index (χ1n) is 18.6. The predicted octanol–water partition coefficient (Wildman–Crippen LogP) is 4.37. The van der Waals surface area contributed by atoms with E-state index in [1.54, 1.807) is 6.07 Å². The Morgan fingerprint density at radius 1 is 1.02 bits per heavy atom. The van der Waals surface area contributed by atoms with E-state index in [0.29, 0.717) is 24.7 Å². The van der Waals surface area contributed by atoms with Gasteiger partial charge in [0.15, 0.2) is 17.8 Å². The molecule has 1 saturated carbocycles. The molecule has 3 heterocycles. The average Bonchev–Trinajstić information content (AvgIpc) is 3.84. The van der Waals surface area contributed by atoms with Gasteiger partial charge in [-0.15, -0.1) is 0 Å².